The number of likely N-dealkylation sites (N-methyl/N-ethyl adjacent to an activating group) is 1. The molecule has 0 saturated heterocycles. The van der Waals surface area contributed by atoms with E-state index in [1.165, 1.54) is 0 Å². The van der Waals surface area contributed by atoms with Gasteiger partial charge in [-0.05, 0) is 24.3 Å². The molecule has 4 rings (SSSR count). The molecule has 7 nitrogen and oxygen atoms in total. The first-order valence-corrected chi connectivity index (χ1v) is 8.88. The maximum absolute atomic E-state index is 13.0. The fourth-order valence-corrected chi connectivity index (χ4v) is 3.34. The molecule has 0 atom stereocenters. The number of fused-ring (bicyclic) bond motifs is 3. The zero-order chi connectivity index (χ0) is 19.7. The van der Waals surface area contributed by atoms with Crippen molar-refractivity contribution in [3.63, 3.8) is 0 Å². The van der Waals surface area contributed by atoms with Crippen LogP contribution in [-0.4, -0.2) is 37.0 Å². The van der Waals surface area contributed by atoms with Gasteiger partial charge in [-0.1, -0.05) is 12.1 Å². The minimum Gasteiger partial charge on any atom is -0.497 e. The monoisotopic (exact) mass is 379 g/mol. The van der Waals surface area contributed by atoms with Crippen LogP contribution < -0.4 is 19.1 Å². The highest BCUT2D eigenvalue weighted by atomic mass is 16.5. The summed E-state index contributed by atoms with van der Waals surface area (Å²) >= 11 is 0. The standard InChI is InChI=1S/C21H21N3O4/c1-23(17-9-8-15(26-2)10-19(17)27-3)20(25)12-24-21-14(11-22-24)13-28-18-7-5-4-6-16(18)21/h4-11H,12-13H2,1-3H3. The molecule has 0 bridgehead atoms. The molecule has 0 aliphatic carbocycles. The van der Waals surface area contributed by atoms with Crippen molar-refractivity contribution in [2.24, 2.45) is 0 Å². The van der Waals surface area contributed by atoms with E-state index in [0.717, 1.165) is 22.6 Å². The number of aromatic nitrogens is 2. The van der Waals surface area contributed by atoms with Gasteiger partial charge in [0, 0.05) is 24.2 Å². The molecule has 0 unspecified atom stereocenters. The highest BCUT2D eigenvalue weighted by Crippen LogP contribution is 2.37. The Hall–Kier alpha value is -3.48. The predicted octanol–water partition coefficient (Wildman–Crippen LogP) is 3.12. The minimum absolute atomic E-state index is 0.106. The van der Waals surface area contributed by atoms with Crippen LogP contribution >= 0.6 is 0 Å². The smallest absolute Gasteiger partial charge is 0.248 e. The van der Waals surface area contributed by atoms with Gasteiger partial charge < -0.3 is 19.1 Å². The zero-order valence-corrected chi connectivity index (χ0v) is 16.0. The van der Waals surface area contributed by atoms with Gasteiger partial charge in [0.25, 0.3) is 0 Å². The Morgan fingerprint density at radius 1 is 1.21 bits per heavy atom. The highest BCUT2D eigenvalue weighted by Gasteiger charge is 2.24. The topological polar surface area (TPSA) is 65.8 Å². The summed E-state index contributed by atoms with van der Waals surface area (Å²) in [5.74, 6) is 1.92. The predicted molar refractivity (Wildman–Crippen MR) is 105 cm³/mol. The molecule has 1 aliphatic heterocycles. The number of anilines is 1. The Morgan fingerprint density at radius 2 is 2.04 bits per heavy atom. The average molecular weight is 379 g/mol. The normalized spacial score (nSPS) is 11.8. The van der Waals surface area contributed by atoms with Gasteiger partial charge in [-0.2, -0.15) is 5.10 Å². The van der Waals surface area contributed by atoms with E-state index in [4.69, 9.17) is 14.2 Å². The number of carbonyl (C=O) groups is 1. The Kier molecular flexibility index (Phi) is 4.65. The van der Waals surface area contributed by atoms with Crippen molar-refractivity contribution >= 4 is 11.6 Å². The molecule has 3 aromatic rings. The molecular formula is C21H21N3O4. The molecule has 28 heavy (non-hydrogen) atoms. The van der Waals surface area contributed by atoms with Gasteiger partial charge in [0.05, 0.1) is 31.8 Å². The number of amides is 1. The van der Waals surface area contributed by atoms with Crippen LogP contribution in [0.1, 0.15) is 5.56 Å². The molecule has 0 radical (unpaired) electrons. The van der Waals surface area contributed by atoms with Crippen molar-refractivity contribution in [3.05, 3.63) is 54.2 Å². The van der Waals surface area contributed by atoms with Crippen molar-refractivity contribution in [1.29, 1.82) is 0 Å². The minimum atomic E-state index is -0.113. The van der Waals surface area contributed by atoms with Crippen LogP contribution in [0.25, 0.3) is 11.3 Å². The summed E-state index contributed by atoms with van der Waals surface area (Å²) < 4.78 is 18.1. The van der Waals surface area contributed by atoms with Crippen molar-refractivity contribution in [2.45, 2.75) is 13.2 Å². The summed E-state index contributed by atoms with van der Waals surface area (Å²) in [4.78, 5) is 14.5. The lowest BCUT2D eigenvalue weighted by Crippen LogP contribution is -2.31. The van der Waals surface area contributed by atoms with Gasteiger partial charge >= 0.3 is 0 Å². The first-order chi connectivity index (χ1) is 13.6. The summed E-state index contributed by atoms with van der Waals surface area (Å²) in [6.45, 7) is 0.554. The maximum atomic E-state index is 13.0. The van der Waals surface area contributed by atoms with Crippen LogP contribution in [0.5, 0.6) is 17.2 Å². The lowest BCUT2D eigenvalue weighted by molar-refractivity contribution is -0.119. The van der Waals surface area contributed by atoms with E-state index in [1.807, 2.05) is 24.3 Å². The lowest BCUT2D eigenvalue weighted by atomic mass is 10.0. The summed E-state index contributed by atoms with van der Waals surface area (Å²) in [5, 5.41) is 4.42. The Morgan fingerprint density at radius 3 is 2.82 bits per heavy atom. The molecule has 7 heteroatoms. The third-order valence-corrected chi connectivity index (χ3v) is 4.85. The van der Waals surface area contributed by atoms with Crippen LogP contribution in [0.3, 0.4) is 0 Å². The second kappa shape index (κ2) is 7.26. The van der Waals surface area contributed by atoms with Gasteiger partial charge in [0.1, 0.15) is 30.4 Å². The maximum Gasteiger partial charge on any atom is 0.248 e. The van der Waals surface area contributed by atoms with Crippen molar-refractivity contribution < 1.29 is 19.0 Å². The van der Waals surface area contributed by atoms with Crippen molar-refractivity contribution in [3.8, 4) is 28.5 Å². The van der Waals surface area contributed by atoms with E-state index in [-0.39, 0.29) is 12.5 Å². The summed E-state index contributed by atoms with van der Waals surface area (Å²) in [7, 11) is 4.88. The first kappa shape index (κ1) is 17.9. The highest BCUT2D eigenvalue weighted by molar-refractivity contribution is 5.94. The van der Waals surface area contributed by atoms with Crippen LogP contribution in [0.15, 0.2) is 48.7 Å². The van der Waals surface area contributed by atoms with Crippen LogP contribution in [0, 0.1) is 0 Å². The summed E-state index contributed by atoms with van der Waals surface area (Å²) in [5.41, 5.74) is 3.50. The van der Waals surface area contributed by atoms with Gasteiger partial charge in [-0.3, -0.25) is 9.48 Å². The van der Waals surface area contributed by atoms with Gasteiger partial charge in [0.15, 0.2) is 0 Å². The summed E-state index contributed by atoms with van der Waals surface area (Å²) in [6, 6.07) is 13.1. The molecule has 144 valence electrons. The van der Waals surface area contributed by atoms with Crippen molar-refractivity contribution in [1.82, 2.24) is 9.78 Å². The number of benzene rings is 2. The summed E-state index contributed by atoms with van der Waals surface area (Å²) in [6.07, 6.45) is 1.76. The third-order valence-electron chi connectivity index (χ3n) is 4.85. The molecule has 1 amide bonds. The van der Waals surface area contributed by atoms with Gasteiger partial charge in [0.2, 0.25) is 5.91 Å². The Labute approximate surface area is 163 Å². The Bertz CT molecular complexity index is 1030. The molecule has 2 aromatic carbocycles. The second-order valence-corrected chi connectivity index (χ2v) is 6.45. The van der Waals surface area contributed by atoms with Crippen molar-refractivity contribution in [2.75, 3.05) is 26.2 Å². The Balaban J connectivity index is 1.62. The van der Waals surface area contributed by atoms with Crippen LogP contribution in [-0.2, 0) is 17.9 Å². The molecule has 0 spiro atoms. The molecule has 1 aliphatic rings. The number of rotatable bonds is 5. The van der Waals surface area contributed by atoms with E-state index in [2.05, 4.69) is 5.10 Å². The molecule has 2 heterocycles. The fraction of sp³-hybridized carbons (Fsp3) is 0.238. The molecule has 0 saturated carbocycles. The fourth-order valence-electron chi connectivity index (χ4n) is 3.34. The number of hydrogen-bond donors (Lipinski definition) is 0. The number of para-hydroxylation sites is 1. The van der Waals surface area contributed by atoms with Gasteiger partial charge in [-0.25, -0.2) is 0 Å². The van der Waals surface area contributed by atoms with E-state index in [9.17, 15) is 4.79 Å². The van der Waals surface area contributed by atoms with E-state index < -0.39 is 0 Å². The van der Waals surface area contributed by atoms with E-state index in [0.29, 0.717) is 23.8 Å². The molecule has 1 aromatic heterocycles. The molecule has 0 N–H and O–H groups in total. The van der Waals surface area contributed by atoms with Crippen LogP contribution in [0.4, 0.5) is 5.69 Å². The zero-order valence-electron chi connectivity index (χ0n) is 16.0. The average Bonchev–Trinajstić information content (AvgIpc) is 3.15. The number of nitrogens with zero attached hydrogens (tertiary/aromatic N) is 3. The molecular weight excluding hydrogens is 358 g/mol. The lowest BCUT2D eigenvalue weighted by Gasteiger charge is -2.22. The third kappa shape index (κ3) is 3.05. The van der Waals surface area contributed by atoms with E-state index >= 15 is 0 Å². The quantitative estimate of drug-likeness (QED) is 0.681. The second-order valence-electron chi connectivity index (χ2n) is 6.45. The SMILES string of the molecule is COc1ccc(N(C)C(=O)Cn2ncc3c2-c2ccccc2OC3)c(OC)c1. The number of carbonyl (C=O) groups excluding carboxylic acids is 1. The van der Waals surface area contributed by atoms with E-state index in [1.54, 1.807) is 55.2 Å². The first-order valence-electron chi connectivity index (χ1n) is 8.88. The van der Waals surface area contributed by atoms with Crippen LogP contribution in [0.2, 0.25) is 0 Å². The van der Waals surface area contributed by atoms with Gasteiger partial charge in [-0.15, -0.1) is 0 Å². The number of methoxy groups -OCH3 is 2. The number of ether oxygens (including phenoxy) is 3. The molecule has 0 fully saturated rings. The number of hydrogen-bond acceptors (Lipinski definition) is 5. The largest absolute Gasteiger partial charge is 0.497 e.